The summed E-state index contributed by atoms with van der Waals surface area (Å²) in [6.07, 6.45) is 11.1. The fourth-order valence-electron chi connectivity index (χ4n) is 4.84. The van der Waals surface area contributed by atoms with Gasteiger partial charge in [0.25, 0.3) is 0 Å². The number of nitriles is 1. The van der Waals surface area contributed by atoms with E-state index in [0.29, 0.717) is 10.6 Å². The van der Waals surface area contributed by atoms with Crippen LogP contribution < -0.4 is 5.32 Å². The number of aliphatic carboxylic acids is 1. The van der Waals surface area contributed by atoms with Gasteiger partial charge >= 0.3 is 5.97 Å². The van der Waals surface area contributed by atoms with E-state index in [1.807, 2.05) is 12.2 Å². The first-order valence-electron chi connectivity index (χ1n) is 9.36. The van der Waals surface area contributed by atoms with Crippen LogP contribution in [-0.2, 0) is 22.4 Å². The smallest absolute Gasteiger partial charge is 0.307 e. The Kier molecular flexibility index (Phi) is 4.58. The molecule has 0 aromatic carbocycles. The molecule has 136 valence electrons. The third-order valence-corrected chi connectivity index (χ3v) is 7.27. The van der Waals surface area contributed by atoms with Crippen LogP contribution in [0, 0.1) is 35.0 Å². The highest BCUT2D eigenvalue weighted by atomic mass is 32.1. The van der Waals surface area contributed by atoms with Gasteiger partial charge in [0.1, 0.15) is 11.1 Å². The molecule has 4 rings (SSSR count). The maximum absolute atomic E-state index is 12.9. The highest BCUT2D eigenvalue weighted by molar-refractivity contribution is 7.16. The summed E-state index contributed by atoms with van der Waals surface area (Å²) >= 11 is 1.51. The second kappa shape index (κ2) is 6.88. The highest BCUT2D eigenvalue weighted by Gasteiger charge is 2.51. The summed E-state index contributed by atoms with van der Waals surface area (Å²) in [5.41, 5.74) is 1.68. The number of anilines is 1. The van der Waals surface area contributed by atoms with Gasteiger partial charge in [0.15, 0.2) is 0 Å². The van der Waals surface area contributed by atoms with E-state index < -0.39 is 17.8 Å². The average Bonchev–Trinajstić information content (AvgIpc) is 3.27. The maximum atomic E-state index is 12.9. The number of amides is 1. The summed E-state index contributed by atoms with van der Waals surface area (Å²) in [6.45, 7) is 0. The lowest BCUT2D eigenvalue weighted by Gasteiger charge is -2.23. The van der Waals surface area contributed by atoms with Crippen LogP contribution in [0.5, 0.6) is 0 Å². The van der Waals surface area contributed by atoms with E-state index >= 15 is 0 Å². The molecule has 1 heterocycles. The molecule has 0 aliphatic heterocycles. The van der Waals surface area contributed by atoms with Gasteiger partial charge < -0.3 is 10.4 Å². The Labute approximate surface area is 156 Å². The van der Waals surface area contributed by atoms with Crippen molar-refractivity contribution in [3.05, 3.63) is 28.2 Å². The molecule has 0 unspecified atom stereocenters. The molecule has 2 N–H and O–H groups in total. The Morgan fingerprint density at radius 3 is 2.50 bits per heavy atom. The number of aryl methyl sites for hydroxylation is 1. The topological polar surface area (TPSA) is 90.2 Å². The summed E-state index contributed by atoms with van der Waals surface area (Å²) < 4.78 is 0. The van der Waals surface area contributed by atoms with E-state index in [4.69, 9.17) is 0 Å². The second-order valence-electron chi connectivity index (χ2n) is 7.56. The summed E-state index contributed by atoms with van der Waals surface area (Å²) in [6, 6.07) is 2.28. The first-order chi connectivity index (χ1) is 12.6. The van der Waals surface area contributed by atoms with Crippen LogP contribution in [0.25, 0.3) is 0 Å². The van der Waals surface area contributed by atoms with Gasteiger partial charge in [-0.2, -0.15) is 5.26 Å². The molecule has 3 aliphatic carbocycles. The Morgan fingerprint density at radius 2 is 1.81 bits per heavy atom. The number of fused-ring (bicyclic) bond motifs is 3. The van der Waals surface area contributed by atoms with E-state index in [1.165, 1.54) is 29.1 Å². The first-order valence-corrected chi connectivity index (χ1v) is 10.2. The van der Waals surface area contributed by atoms with Crippen molar-refractivity contribution in [2.24, 2.45) is 23.7 Å². The number of nitrogens with one attached hydrogen (secondary N) is 1. The molecular weight excluding hydrogens is 348 g/mol. The van der Waals surface area contributed by atoms with Gasteiger partial charge in [-0.3, -0.25) is 9.59 Å². The fraction of sp³-hybridized carbons (Fsp3) is 0.550. The summed E-state index contributed by atoms with van der Waals surface area (Å²) in [5, 5.41) is 22.7. The molecule has 0 spiro atoms. The molecule has 3 aliphatic rings. The van der Waals surface area contributed by atoms with Gasteiger partial charge in [0.2, 0.25) is 5.91 Å². The Balaban J connectivity index is 1.60. The quantitative estimate of drug-likeness (QED) is 0.793. The average molecular weight is 370 g/mol. The SMILES string of the molecule is N#Cc1c(NC(=O)[C@@H]2[C@@H](C(=O)O)[C@H]3C=C[C@H]2C3)sc2c1CCCCCC2. The fourth-order valence-corrected chi connectivity index (χ4v) is 6.08. The molecule has 6 heteroatoms. The Hall–Kier alpha value is -2.13. The predicted molar refractivity (Wildman–Crippen MR) is 98.9 cm³/mol. The molecule has 1 saturated carbocycles. The summed E-state index contributed by atoms with van der Waals surface area (Å²) in [7, 11) is 0. The van der Waals surface area contributed by atoms with Crippen LogP contribution in [0.15, 0.2) is 12.2 Å². The molecule has 5 nitrogen and oxygen atoms in total. The molecule has 4 atom stereocenters. The number of hydrogen-bond acceptors (Lipinski definition) is 4. The van der Waals surface area contributed by atoms with Crippen LogP contribution in [0.2, 0.25) is 0 Å². The Morgan fingerprint density at radius 1 is 1.12 bits per heavy atom. The summed E-state index contributed by atoms with van der Waals surface area (Å²) in [4.78, 5) is 25.8. The molecular formula is C20H22N2O3S. The van der Waals surface area contributed by atoms with Crippen molar-refractivity contribution in [1.29, 1.82) is 5.26 Å². The van der Waals surface area contributed by atoms with Crippen molar-refractivity contribution in [3.8, 4) is 6.07 Å². The highest BCUT2D eigenvalue weighted by Crippen LogP contribution is 2.49. The van der Waals surface area contributed by atoms with E-state index in [0.717, 1.165) is 37.7 Å². The standard InChI is InChI=1S/C20H22N2O3S/c21-10-14-13-5-3-1-2-4-6-15(13)26-19(14)22-18(23)16-11-7-8-12(9-11)17(16)20(24)25/h7-8,11-12,16-17H,1-6,9H2,(H,22,23)(H,24,25)/t11-,12-,16-,17-/m0/s1. The van der Waals surface area contributed by atoms with Gasteiger partial charge in [-0.15, -0.1) is 11.3 Å². The monoisotopic (exact) mass is 370 g/mol. The van der Waals surface area contributed by atoms with E-state index in [9.17, 15) is 20.0 Å². The van der Waals surface area contributed by atoms with Crippen molar-refractivity contribution < 1.29 is 14.7 Å². The van der Waals surface area contributed by atoms with Crippen LogP contribution in [0.3, 0.4) is 0 Å². The molecule has 1 aromatic heterocycles. The first kappa shape index (κ1) is 17.3. The number of carboxylic acid groups (broad SMARTS) is 1. The van der Waals surface area contributed by atoms with Crippen LogP contribution >= 0.6 is 11.3 Å². The number of nitrogens with zero attached hydrogens (tertiary/aromatic N) is 1. The van der Waals surface area contributed by atoms with Crippen molar-refractivity contribution in [2.45, 2.75) is 44.9 Å². The normalized spacial score (nSPS) is 29.5. The van der Waals surface area contributed by atoms with E-state index in [1.54, 1.807) is 0 Å². The zero-order chi connectivity index (χ0) is 18.3. The largest absolute Gasteiger partial charge is 0.481 e. The Bertz CT molecular complexity index is 820. The minimum atomic E-state index is -0.902. The zero-order valence-electron chi connectivity index (χ0n) is 14.5. The van der Waals surface area contributed by atoms with Crippen molar-refractivity contribution in [2.75, 3.05) is 5.32 Å². The van der Waals surface area contributed by atoms with Crippen molar-refractivity contribution >= 4 is 28.2 Å². The molecule has 1 aromatic rings. The van der Waals surface area contributed by atoms with E-state index in [2.05, 4.69) is 11.4 Å². The molecule has 1 amide bonds. The third-order valence-electron chi connectivity index (χ3n) is 6.07. The van der Waals surface area contributed by atoms with Crippen LogP contribution in [0.1, 0.15) is 48.1 Å². The van der Waals surface area contributed by atoms with Crippen molar-refractivity contribution in [1.82, 2.24) is 0 Å². The number of carboxylic acids is 1. The van der Waals surface area contributed by atoms with Crippen LogP contribution in [0.4, 0.5) is 5.00 Å². The number of carbonyl (C=O) groups is 2. The van der Waals surface area contributed by atoms with Gasteiger partial charge in [-0.1, -0.05) is 25.0 Å². The minimum Gasteiger partial charge on any atom is -0.481 e. The zero-order valence-corrected chi connectivity index (χ0v) is 15.3. The number of carbonyl (C=O) groups excluding carboxylic acids is 1. The third kappa shape index (κ3) is 2.84. The molecule has 26 heavy (non-hydrogen) atoms. The summed E-state index contributed by atoms with van der Waals surface area (Å²) in [5.74, 6) is -2.41. The molecule has 1 fully saturated rings. The predicted octanol–water partition coefficient (Wildman–Crippen LogP) is 3.74. The van der Waals surface area contributed by atoms with Gasteiger partial charge in [0, 0.05) is 4.88 Å². The van der Waals surface area contributed by atoms with Gasteiger partial charge in [-0.05, 0) is 49.5 Å². The molecule has 0 radical (unpaired) electrons. The van der Waals surface area contributed by atoms with Crippen LogP contribution in [-0.4, -0.2) is 17.0 Å². The lowest BCUT2D eigenvalue weighted by Crippen LogP contribution is -2.36. The van der Waals surface area contributed by atoms with E-state index in [-0.39, 0.29) is 17.7 Å². The van der Waals surface area contributed by atoms with Gasteiger partial charge in [-0.25, -0.2) is 0 Å². The minimum absolute atomic E-state index is 0.00683. The number of allylic oxidation sites excluding steroid dienone is 2. The van der Waals surface area contributed by atoms with Gasteiger partial charge in [0.05, 0.1) is 17.4 Å². The maximum Gasteiger partial charge on any atom is 0.307 e. The lowest BCUT2D eigenvalue weighted by molar-refractivity contribution is -0.146. The molecule has 2 bridgehead atoms. The lowest BCUT2D eigenvalue weighted by atomic mass is 9.82. The van der Waals surface area contributed by atoms with Crippen molar-refractivity contribution in [3.63, 3.8) is 0 Å². The number of hydrogen-bond donors (Lipinski definition) is 2. The molecule has 0 saturated heterocycles. The second-order valence-corrected chi connectivity index (χ2v) is 8.67. The number of thiophene rings is 1. The number of rotatable bonds is 3.